The quantitative estimate of drug-likeness (QED) is 0.160. The van der Waals surface area contributed by atoms with Crippen molar-refractivity contribution in [3.05, 3.63) is 83.4 Å². The maximum Gasteiger partial charge on any atom is 0.323 e. The summed E-state index contributed by atoms with van der Waals surface area (Å²) < 4.78 is 10.2. The predicted octanol–water partition coefficient (Wildman–Crippen LogP) is 3.54. The standard InChI is InChI=1S/C32H38N4O8/c1-20-7-5-6-8-24(20)35-31(42)36-25-14-9-21(15-27(25)43-3)16-28(39)33-23-12-10-22(11-13-23)26(17-29(40)44-4)34-30(41)32(2,18-37)19-38/h5-15,26,37-38H,16-19H2,1-4H3,(H,33,39)(H,34,41)(H2,35,36,42). The van der Waals surface area contributed by atoms with Gasteiger partial charge in [0.05, 0.1) is 57.4 Å². The van der Waals surface area contributed by atoms with Crippen molar-refractivity contribution in [3.8, 4) is 5.75 Å². The van der Waals surface area contributed by atoms with Crippen molar-refractivity contribution in [1.82, 2.24) is 5.32 Å². The zero-order valence-electron chi connectivity index (χ0n) is 25.1. The molecule has 12 heteroatoms. The summed E-state index contributed by atoms with van der Waals surface area (Å²) in [5.74, 6) is -1.11. The minimum absolute atomic E-state index is 0.0235. The fourth-order valence-corrected chi connectivity index (χ4v) is 4.16. The van der Waals surface area contributed by atoms with Crippen LogP contribution in [0.2, 0.25) is 0 Å². The van der Waals surface area contributed by atoms with Crippen LogP contribution in [-0.2, 0) is 25.5 Å². The fraction of sp³-hybridized carbons (Fsp3) is 0.312. The van der Waals surface area contributed by atoms with Gasteiger partial charge in [-0.05, 0) is 60.9 Å². The molecule has 44 heavy (non-hydrogen) atoms. The molecular weight excluding hydrogens is 568 g/mol. The van der Waals surface area contributed by atoms with Gasteiger partial charge in [-0.1, -0.05) is 36.4 Å². The van der Waals surface area contributed by atoms with Crippen LogP contribution in [0.3, 0.4) is 0 Å². The van der Waals surface area contributed by atoms with Crippen LogP contribution in [0.15, 0.2) is 66.7 Å². The zero-order valence-corrected chi connectivity index (χ0v) is 25.1. The van der Waals surface area contributed by atoms with Gasteiger partial charge in [-0.3, -0.25) is 14.4 Å². The Balaban J connectivity index is 1.64. The van der Waals surface area contributed by atoms with Gasteiger partial charge in [0.2, 0.25) is 11.8 Å². The number of benzene rings is 3. The molecule has 12 nitrogen and oxygen atoms in total. The van der Waals surface area contributed by atoms with Crippen LogP contribution in [-0.4, -0.2) is 61.5 Å². The second-order valence-electron chi connectivity index (χ2n) is 10.5. The minimum atomic E-state index is -1.44. The monoisotopic (exact) mass is 606 g/mol. The van der Waals surface area contributed by atoms with E-state index in [1.165, 1.54) is 21.1 Å². The van der Waals surface area contributed by atoms with Crippen molar-refractivity contribution in [1.29, 1.82) is 0 Å². The Bertz CT molecular complexity index is 1470. The van der Waals surface area contributed by atoms with Crippen molar-refractivity contribution >= 4 is 40.9 Å². The Morgan fingerprint density at radius 1 is 0.864 bits per heavy atom. The SMILES string of the molecule is COC(=O)CC(NC(=O)C(C)(CO)CO)c1ccc(NC(=O)Cc2ccc(NC(=O)Nc3ccccc3C)c(OC)c2)cc1. The van der Waals surface area contributed by atoms with Crippen LogP contribution >= 0.6 is 0 Å². The first kappa shape index (κ1) is 33.6. The molecule has 0 heterocycles. The molecular formula is C32H38N4O8. The van der Waals surface area contributed by atoms with E-state index in [1.807, 2.05) is 25.1 Å². The Kier molecular flexibility index (Phi) is 11.8. The van der Waals surface area contributed by atoms with E-state index in [1.54, 1.807) is 48.5 Å². The van der Waals surface area contributed by atoms with Gasteiger partial charge in [0, 0.05) is 11.4 Å². The molecule has 0 fully saturated rings. The molecule has 0 spiro atoms. The molecule has 3 aromatic carbocycles. The van der Waals surface area contributed by atoms with Gasteiger partial charge < -0.3 is 41.0 Å². The molecule has 6 N–H and O–H groups in total. The Morgan fingerprint density at radius 2 is 1.52 bits per heavy atom. The molecule has 0 aliphatic carbocycles. The van der Waals surface area contributed by atoms with Gasteiger partial charge in [-0.2, -0.15) is 0 Å². The summed E-state index contributed by atoms with van der Waals surface area (Å²) in [6, 6.07) is 17.7. The number of carbonyl (C=O) groups is 4. The molecule has 3 aromatic rings. The third-order valence-electron chi connectivity index (χ3n) is 7.02. The molecule has 0 bridgehead atoms. The smallest absolute Gasteiger partial charge is 0.323 e. The number of rotatable bonds is 13. The van der Waals surface area contributed by atoms with E-state index in [4.69, 9.17) is 9.47 Å². The van der Waals surface area contributed by atoms with Crippen molar-refractivity contribution in [3.63, 3.8) is 0 Å². The third-order valence-corrected chi connectivity index (χ3v) is 7.02. The number of ether oxygens (including phenoxy) is 2. The highest BCUT2D eigenvalue weighted by Gasteiger charge is 2.34. The number of anilines is 3. The number of carbonyl (C=O) groups excluding carboxylic acids is 4. The number of esters is 1. The van der Waals surface area contributed by atoms with Crippen LogP contribution in [0.5, 0.6) is 5.75 Å². The zero-order chi connectivity index (χ0) is 32.3. The summed E-state index contributed by atoms with van der Waals surface area (Å²) in [4.78, 5) is 50.0. The van der Waals surface area contributed by atoms with Crippen LogP contribution in [0, 0.1) is 12.3 Å². The summed E-state index contributed by atoms with van der Waals surface area (Å²) in [6.45, 7) is 2.12. The number of nitrogens with one attached hydrogen (secondary N) is 4. The van der Waals surface area contributed by atoms with E-state index in [0.29, 0.717) is 33.9 Å². The average Bonchev–Trinajstić information content (AvgIpc) is 3.02. The van der Waals surface area contributed by atoms with Crippen LogP contribution < -0.4 is 26.0 Å². The van der Waals surface area contributed by atoms with Gasteiger partial charge in [-0.15, -0.1) is 0 Å². The average molecular weight is 607 g/mol. The molecule has 1 atom stereocenters. The largest absolute Gasteiger partial charge is 0.495 e. The third kappa shape index (κ3) is 9.03. The number of aliphatic hydroxyl groups is 2. The van der Waals surface area contributed by atoms with Gasteiger partial charge in [0.15, 0.2) is 0 Å². The molecule has 0 aliphatic rings. The molecule has 234 valence electrons. The molecule has 0 aliphatic heterocycles. The second kappa shape index (κ2) is 15.5. The molecule has 4 amide bonds. The highest BCUT2D eigenvalue weighted by Crippen LogP contribution is 2.27. The molecule has 3 rings (SSSR count). The maximum atomic E-state index is 12.8. The molecule has 0 aromatic heterocycles. The lowest BCUT2D eigenvalue weighted by Gasteiger charge is -2.27. The van der Waals surface area contributed by atoms with E-state index in [2.05, 4.69) is 21.3 Å². The lowest BCUT2D eigenvalue weighted by molar-refractivity contribution is -0.142. The first-order chi connectivity index (χ1) is 21.0. The summed E-state index contributed by atoms with van der Waals surface area (Å²) in [5.41, 5.74) is 2.28. The van der Waals surface area contributed by atoms with Crippen LogP contribution in [0.1, 0.15) is 36.1 Å². The van der Waals surface area contributed by atoms with Gasteiger partial charge >= 0.3 is 12.0 Å². The molecule has 0 saturated heterocycles. The first-order valence-corrected chi connectivity index (χ1v) is 13.8. The first-order valence-electron chi connectivity index (χ1n) is 13.8. The van der Waals surface area contributed by atoms with Gasteiger partial charge in [0.25, 0.3) is 0 Å². The van der Waals surface area contributed by atoms with E-state index < -0.39 is 42.6 Å². The highest BCUT2D eigenvalue weighted by atomic mass is 16.5. The number of aryl methyl sites for hydroxylation is 1. The minimum Gasteiger partial charge on any atom is -0.495 e. The number of amides is 4. The van der Waals surface area contributed by atoms with Gasteiger partial charge in [0.1, 0.15) is 5.75 Å². The van der Waals surface area contributed by atoms with E-state index in [-0.39, 0.29) is 18.7 Å². The molecule has 1 unspecified atom stereocenters. The Labute approximate surface area is 255 Å². The van der Waals surface area contributed by atoms with Crippen molar-refractivity contribution in [2.45, 2.75) is 32.7 Å². The van der Waals surface area contributed by atoms with Crippen molar-refractivity contribution in [2.24, 2.45) is 5.41 Å². The number of hydrogen-bond acceptors (Lipinski definition) is 8. The van der Waals surface area contributed by atoms with Crippen molar-refractivity contribution < 1.29 is 38.9 Å². The lowest BCUT2D eigenvalue weighted by Crippen LogP contribution is -2.45. The summed E-state index contributed by atoms with van der Waals surface area (Å²) in [7, 11) is 2.70. The molecule has 0 saturated carbocycles. The highest BCUT2D eigenvalue weighted by molar-refractivity contribution is 6.01. The predicted molar refractivity (Wildman–Crippen MR) is 165 cm³/mol. The van der Waals surface area contributed by atoms with E-state index in [0.717, 1.165) is 5.56 Å². The fourth-order valence-electron chi connectivity index (χ4n) is 4.16. The second-order valence-corrected chi connectivity index (χ2v) is 10.5. The number of hydrogen-bond donors (Lipinski definition) is 6. The number of para-hydroxylation sites is 1. The normalized spacial score (nSPS) is 11.6. The van der Waals surface area contributed by atoms with E-state index >= 15 is 0 Å². The molecule has 0 radical (unpaired) electrons. The number of urea groups is 1. The van der Waals surface area contributed by atoms with E-state index in [9.17, 15) is 29.4 Å². The van der Waals surface area contributed by atoms with Crippen LogP contribution in [0.4, 0.5) is 21.9 Å². The summed E-state index contributed by atoms with van der Waals surface area (Å²) >= 11 is 0. The van der Waals surface area contributed by atoms with Gasteiger partial charge in [-0.25, -0.2) is 4.79 Å². The summed E-state index contributed by atoms with van der Waals surface area (Å²) in [5, 5.41) is 30.1. The summed E-state index contributed by atoms with van der Waals surface area (Å²) in [6.07, 6.45) is -0.156. The lowest BCUT2D eigenvalue weighted by atomic mass is 9.90. The number of methoxy groups -OCH3 is 2. The topological polar surface area (TPSA) is 175 Å². The van der Waals surface area contributed by atoms with Crippen LogP contribution in [0.25, 0.3) is 0 Å². The Hall–Kier alpha value is -4.94. The Morgan fingerprint density at radius 3 is 2.14 bits per heavy atom. The maximum absolute atomic E-state index is 12.8. The number of aliphatic hydroxyl groups excluding tert-OH is 2. The van der Waals surface area contributed by atoms with Crippen molar-refractivity contribution in [2.75, 3.05) is 43.4 Å².